The molecule has 0 saturated heterocycles. The van der Waals surface area contributed by atoms with E-state index in [2.05, 4.69) is 55.3 Å². The van der Waals surface area contributed by atoms with Crippen molar-refractivity contribution in [3.8, 4) is 0 Å². The van der Waals surface area contributed by atoms with Gasteiger partial charge in [0.05, 0.1) is 6.54 Å². The molecular formula is C26H29Cl2N5O2. The second-order valence-corrected chi connectivity index (χ2v) is 10.5. The molecule has 0 atom stereocenters. The van der Waals surface area contributed by atoms with Crippen molar-refractivity contribution in [1.82, 2.24) is 18.7 Å². The highest BCUT2D eigenvalue weighted by molar-refractivity contribution is 6.36. The Hall–Kier alpha value is -3.03. The minimum Gasteiger partial charge on any atom is -0.355 e. The molecule has 0 fully saturated rings. The lowest BCUT2D eigenvalue weighted by molar-refractivity contribution is 0.590. The largest absolute Gasteiger partial charge is 0.355 e. The van der Waals surface area contributed by atoms with E-state index in [9.17, 15) is 9.59 Å². The van der Waals surface area contributed by atoms with Crippen molar-refractivity contribution < 1.29 is 0 Å². The maximum Gasteiger partial charge on any atom is 0.332 e. The number of imidazole rings is 1. The minimum absolute atomic E-state index is 0.0428. The zero-order valence-corrected chi connectivity index (χ0v) is 22.0. The number of anilines is 1. The van der Waals surface area contributed by atoms with Gasteiger partial charge < -0.3 is 5.32 Å². The van der Waals surface area contributed by atoms with Crippen LogP contribution in [0.4, 0.5) is 5.95 Å². The molecule has 4 rings (SSSR count). The number of aromatic nitrogens is 4. The Kier molecular flexibility index (Phi) is 6.84. The van der Waals surface area contributed by atoms with E-state index in [0.29, 0.717) is 46.7 Å². The lowest BCUT2D eigenvalue weighted by atomic mass is 9.87. The topological polar surface area (TPSA) is 73.8 Å². The van der Waals surface area contributed by atoms with Crippen molar-refractivity contribution >= 4 is 40.3 Å². The summed E-state index contributed by atoms with van der Waals surface area (Å²) in [6.45, 7) is 7.42. The summed E-state index contributed by atoms with van der Waals surface area (Å²) in [6, 6.07) is 13.8. The molecule has 2 heterocycles. The number of benzene rings is 2. The third-order valence-corrected chi connectivity index (χ3v) is 6.94. The maximum absolute atomic E-state index is 13.1. The Morgan fingerprint density at radius 1 is 0.943 bits per heavy atom. The van der Waals surface area contributed by atoms with E-state index < -0.39 is 5.69 Å². The first kappa shape index (κ1) is 25.1. The molecule has 0 amide bonds. The van der Waals surface area contributed by atoms with E-state index in [1.807, 2.05) is 10.6 Å². The Balaban J connectivity index is 1.74. The second kappa shape index (κ2) is 9.55. The van der Waals surface area contributed by atoms with Gasteiger partial charge in [-0.25, -0.2) is 4.79 Å². The van der Waals surface area contributed by atoms with Gasteiger partial charge in [0, 0.05) is 30.7 Å². The zero-order valence-electron chi connectivity index (χ0n) is 20.5. The summed E-state index contributed by atoms with van der Waals surface area (Å²) in [5, 5.41) is 4.53. The fraction of sp³-hybridized carbons (Fsp3) is 0.346. The molecule has 0 saturated carbocycles. The van der Waals surface area contributed by atoms with Crippen LogP contribution in [-0.2, 0) is 32.5 Å². The summed E-state index contributed by atoms with van der Waals surface area (Å²) in [4.78, 5) is 30.3. The van der Waals surface area contributed by atoms with Crippen LogP contribution in [-0.4, -0.2) is 25.2 Å². The summed E-state index contributed by atoms with van der Waals surface area (Å²) in [7, 11) is 3.10. The summed E-state index contributed by atoms with van der Waals surface area (Å²) in [5.41, 5.74) is 3.03. The van der Waals surface area contributed by atoms with Crippen molar-refractivity contribution in [2.75, 3.05) is 11.9 Å². The molecular weight excluding hydrogens is 485 g/mol. The van der Waals surface area contributed by atoms with Gasteiger partial charge in [0.1, 0.15) is 0 Å². The molecule has 2 aromatic heterocycles. The molecule has 0 aliphatic carbocycles. The van der Waals surface area contributed by atoms with Gasteiger partial charge in [-0.15, -0.1) is 0 Å². The highest BCUT2D eigenvalue weighted by atomic mass is 35.5. The molecule has 4 aromatic rings. The number of hydrogen-bond donors (Lipinski definition) is 1. The second-order valence-electron chi connectivity index (χ2n) is 9.72. The monoisotopic (exact) mass is 513 g/mol. The molecule has 7 nitrogen and oxygen atoms in total. The van der Waals surface area contributed by atoms with E-state index in [-0.39, 0.29) is 11.0 Å². The van der Waals surface area contributed by atoms with E-state index in [4.69, 9.17) is 23.2 Å². The number of rotatable bonds is 6. The van der Waals surface area contributed by atoms with Crippen LogP contribution >= 0.6 is 23.2 Å². The summed E-state index contributed by atoms with van der Waals surface area (Å²) < 4.78 is 4.33. The van der Waals surface area contributed by atoms with Gasteiger partial charge in [-0.05, 0) is 40.7 Å². The number of halogens is 2. The standard InChI is InChI=1S/C26H29Cl2N5O2/c1-26(2,3)17-11-9-16(10-12-17)15-33-21-22(31(4)25(35)32(5)23(21)34)30-24(33)29-14-13-18-19(27)7-6-8-20(18)28/h6-12H,13-15H2,1-5H3,(H,29,30). The van der Waals surface area contributed by atoms with Crippen LogP contribution < -0.4 is 16.6 Å². The number of fused-ring (bicyclic) bond motifs is 1. The van der Waals surface area contributed by atoms with Gasteiger partial charge in [-0.3, -0.25) is 18.5 Å². The van der Waals surface area contributed by atoms with Crippen LogP contribution in [0.5, 0.6) is 0 Å². The van der Waals surface area contributed by atoms with E-state index in [0.717, 1.165) is 15.7 Å². The predicted molar refractivity (Wildman–Crippen MR) is 143 cm³/mol. The van der Waals surface area contributed by atoms with E-state index in [1.165, 1.54) is 17.2 Å². The average Bonchev–Trinajstić information content (AvgIpc) is 3.16. The number of aryl methyl sites for hydroxylation is 1. The molecule has 1 N–H and O–H groups in total. The summed E-state index contributed by atoms with van der Waals surface area (Å²) in [6.07, 6.45) is 0.568. The SMILES string of the molecule is Cn1c(=O)c2c(nc(NCCc3c(Cl)cccc3Cl)n2Cc2ccc(C(C)(C)C)cc2)n(C)c1=O. The van der Waals surface area contributed by atoms with Crippen LogP contribution in [0.25, 0.3) is 11.2 Å². The minimum atomic E-state index is -0.420. The van der Waals surface area contributed by atoms with Gasteiger partial charge in [0.15, 0.2) is 11.2 Å². The maximum atomic E-state index is 13.1. The fourth-order valence-electron chi connectivity index (χ4n) is 4.10. The molecule has 184 valence electrons. The zero-order chi connectivity index (χ0) is 25.5. The number of nitrogens with zero attached hydrogens (tertiary/aromatic N) is 4. The molecule has 0 aliphatic heterocycles. The Bertz CT molecular complexity index is 1490. The molecule has 0 spiro atoms. The molecule has 9 heteroatoms. The van der Waals surface area contributed by atoms with Crippen LogP contribution in [0.1, 0.15) is 37.5 Å². The van der Waals surface area contributed by atoms with Gasteiger partial charge in [-0.2, -0.15) is 4.98 Å². The molecule has 35 heavy (non-hydrogen) atoms. The van der Waals surface area contributed by atoms with Gasteiger partial charge >= 0.3 is 5.69 Å². The third kappa shape index (κ3) is 4.88. The van der Waals surface area contributed by atoms with Crippen molar-refractivity contribution in [3.63, 3.8) is 0 Å². The van der Waals surface area contributed by atoms with Crippen molar-refractivity contribution in [3.05, 3.63) is 90.0 Å². The summed E-state index contributed by atoms with van der Waals surface area (Å²) in [5.74, 6) is 0.501. The first-order valence-electron chi connectivity index (χ1n) is 11.4. The Morgan fingerprint density at radius 3 is 2.17 bits per heavy atom. The molecule has 0 aliphatic rings. The normalized spacial score (nSPS) is 11.9. The molecule has 0 radical (unpaired) electrons. The average molecular weight is 514 g/mol. The van der Waals surface area contributed by atoms with Crippen LogP contribution in [0.15, 0.2) is 52.1 Å². The fourth-order valence-corrected chi connectivity index (χ4v) is 4.69. The lowest BCUT2D eigenvalue weighted by Gasteiger charge is -2.19. The highest BCUT2D eigenvalue weighted by Crippen LogP contribution is 2.26. The van der Waals surface area contributed by atoms with Crippen LogP contribution in [0.2, 0.25) is 10.0 Å². The number of nitrogens with one attached hydrogen (secondary N) is 1. The van der Waals surface area contributed by atoms with Crippen LogP contribution in [0, 0.1) is 0 Å². The van der Waals surface area contributed by atoms with Gasteiger partial charge in [0.25, 0.3) is 5.56 Å². The van der Waals surface area contributed by atoms with E-state index in [1.54, 1.807) is 19.2 Å². The van der Waals surface area contributed by atoms with Gasteiger partial charge in [0.2, 0.25) is 5.95 Å². The molecule has 0 unspecified atom stereocenters. The lowest BCUT2D eigenvalue weighted by Crippen LogP contribution is -2.37. The van der Waals surface area contributed by atoms with E-state index >= 15 is 0 Å². The molecule has 0 bridgehead atoms. The highest BCUT2D eigenvalue weighted by Gasteiger charge is 2.20. The van der Waals surface area contributed by atoms with Crippen molar-refractivity contribution in [1.29, 1.82) is 0 Å². The first-order chi connectivity index (χ1) is 16.5. The Labute approximate surface area is 213 Å². The van der Waals surface area contributed by atoms with Crippen molar-refractivity contribution in [2.45, 2.75) is 39.2 Å². The van der Waals surface area contributed by atoms with Crippen LogP contribution in [0.3, 0.4) is 0 Å². The first-order valence-corrected chi connectivity index (χ1v) is 12.2. The predicted octanol–water partition coefficient (Wildman–Crippen LogP) is 4.74. The van der Waals surface area contributed by atoms with Gasteiger partial charge in [-0.1, -0.05) is 74.3 Å². The molecule has 2 aromatic carbocycles. The Morgan fingerprint density at radius 2 is 1.57 bits per heavy atom. The third-order valence-electron chi connectivity index (χ3n) is 6.23. The van der Waals surface area contributed by atoms with Crippen molar-refractivity contribution in [2.24, 2.45) is 14.1 Å². The number of hydrogen-bond acceptors (Lipinski definition) is 4. The quantitative estimate of drug-likeness (QED) is 0.404. The summed E-state index contributed by atoms with van der Waals surface area (Å²) >= 11 is 12.6. The smallest absolute Gasteiger partial charge is 0.332 e.